The minimum Gasteiger partial charge on any atom is -0.490 e. The maximum Gasteiger partial charge on any atom is 0.269 e. The van der Waals surface area contributed by atoms with E-state index in [4.69, 9.17) is 14.3 Å². The molecule has 0 saturated carbocycles. The van der Waals surface area contributed by atoms with Crippen LogP contribution in [0.25, 0.3) is 0 Å². The third-order valence-electron chi connectivity index (χ3n) is 4.23. The fraction of sp³-hybridized carbons (Fsp3) is 0.174. The van der Waals surface area contributed by atoms with Crippen molar-refractivity contribution in [1.82, 2.24) is 0 Å². The van der Waals surface area contributed by atoms with Crippen molar-refractivity contribution in [2.45, 2.75) is 20.1 Å². The van der Waals surface area contributed by atoms with Crippen LogP contribution >= 0.6 is 22.6 Å². The van der Waals surface area contributed by atoms with Gasteiger partial charge in [-0.1, -0.05) is 29.4 Å². The van der Waals surface area contributed by atoms with E-state index in [1.165, 1.54) is 30.5 Å². The van der Waals surface area contributed by atoms with Crippen molar-refractivity contribution in [2.75, 3.05) is 6.61 Å². The van der Waals surface area contributed by atoms with Gasteiger partial charge >= 0.3 is 0 Å². The van der Waals surface area contributed by atoms with Crippen LogP contribution in [0.2, 0.25) is 0 Å². The molecule has 0 unspecified atom stereocenters. The Morgan fingerprint density at radius 3 is 2.53 bits per heavy atom. The molecule has 3 aromatic rings. The molecule has 0 heterocycles. The van der Waals surface area contributed by atoms with Crippen LogP contribution < -0.4 is 9.47 Å². The fourth-order valence-electron chi connectivity index (χ4n) is 2.82. The molecule has 3 aromatic carbocycles. The molecule has 0 saturated heterocycles. The van der Waals surface area contributed by atoms with E-state index in [0.29, 0.717) is 29.2 Å². The van der Waals surface area contributed by atoms with Crippen molar-refractivity contribution >= 4 is 34.5 Å². The van der Waals surface area contributed by atoms with Gasteiger partial charge in [-0.2, -0.15) is 0 Å². The smallest absolute Gasteiger partial charge is 0.269 e. The van der Waals surface area contributed by atoms with Crippen LogP contribution in [0.4, 0.5) is 10.1 Å². The number of nitrogens with zero attached hydrogens (tertiary/aromatic N) is 2. The summed E-state index contributed by atoms with van der Waals surface area (Å²) in [6, 6.07) is 16.0. The first-order valence-corrected chi connectivity index (χ1v) is 10.8. The van der Waals surface area contributed by atoms with Gasteiger partial charge in [-0.05, 0) is 64.9 Å². The lowest BCUT2D eigenvalue weighted by atomic mass is 10.2. The topological polar surface area (TPSA) is 83.2 Å². The second-order valence-electron chi connectivity index (χ2n) is 6.62. The molecule has 32 heavy (non-hydrogen) atoms. The average molecular weight is 550 g/mol. The van der Waals surface area contributed by atoms with E-state index in [-0.39, 0.29) is 24.7 Å². The number of ether oxygens (including phenoxy) is 2. The van der Waals surface area contributed by atoms with Gasteiger partial charge in [0.25, 0.3) is 5.69 Å². The molecule has 166 valence electrons. The Morgan fingerprint density at radius 2 is 1.81 bits per heavy atom. The number of oxime groups is 1. The van der Waals surface area contributed by atoms with E-state index >= 15 is 0 Å². The molecule has 0 aromatic heterocycles. The predicted molar refractivity (Wildman–Crippen MR) is 127 cm³/mol. The molecule has 0 aliphatic rings. The minimum absolute atomic E-state index is 0.000167. The van der Waals surface area contributed by atoms with Crippen LogP contribution in [-0.2, 0) is 18.1 Å². The standard InChI is InChI=1S/C23H20FIN2O5/c1-2-30-22-12-18(13-26-32-15-17-6-4-8-20(10-17)27(28)29)11-21(25)23(22)31-14-16-5-3-7-19(24)9-16/h3-13H,2,14-15H2,1H3/b26-13-. The number of benzene rings is 3. The number of rotatable bonds is 10. The normalized spacial score (nSPS) is 10.8. The lowest BCUT2D eigenvalue weighted by Gasteiger charge is -2.14. The summed E-state index contributed by atoms with van der Waals surface area (Å²) in [6.45, 7) is 2.61. The van der Waals surface area contributed by atoms with Crippen molar-refractivity contribution in [3.05, 3.63) is 96.9 Å². The number of halogens is 2. The number of hydrogen-bond acceptors (Lipinski definition) is 6. The van der Waals surface area contributed by atoms with Crippen molar-refractivity contribution in [3.63, 3.8) is 0 Å². The second-order valence-corrected chi connectivity index (χ2v) is 7.78. The molecule has 0 atom stereocenters. The summed E-state index contributed by atoms with van der Waals surface area (Å²) in [5.74, 6) is 0.782. The van der Waals surface area contributed by atoms with Gasteiger partial charge in [0.1, 0.15) is 19.0 Å². The third kappa shape index (κ3) is 6.64. The van der Waals surface area contributed by atoms with Crippen molar-refractivity contribution in [1.29, 1.82) is 0 Å². The summed E-state index contributed by atoms with van der Waals surface area (Å²) < 4.78 is 25.8. The first kappa shape index (κ1) is 23.5. The van der Waals surface area contributed by atoms with Crippen LogP contribution in [0.5, 0.6) is 11.5 Å². The van der Waals surface area contributed by atoms with Gasteiger partial charge in [-0.3, -0.25) is 10.1 Å². The summed E-state index contributed by atoms with van der Waals surface area (Å²) in [4.78, 5) is 15.7. The highest BCUT2D eigenvalue weighted by Gasteiger charge is 2.12. The Hall–Kier alpha value is -3.21. The van der Waals surface area contributed by atoms with Crippen LogP contribution in [0.1, 0.15) is 23.6 Å². The number of nitro groups is 1. The molecule has 0 spiro atoms. The van der Waals surface area contributed by atoms with E-state index in [0.717, 1.165) is 9.13 Å². The maximum absolute atomic E-state index is 13.4. The van der Waals surface area contributed by atoms with Gasteiger partial charge in [0.05, 0.1) is 21.3 Å². The zero-order valence-electron chi connectivity index (χ0n) is 17.2. The van der Waals surface area contributed by atoms with Crippen LogP contribution in [0, 0.1) is 19.5 Å². The van der Waals surface area contributed by atoms with Gasteiger partial charge in [0.2, 0.25) is 0 Å². The monoisotopic (exact) mass is 550 g/mol. The first-order valence-electron chi connectivity index (χ1n) is 9.68. The molecule has 0 fully saturated rings. The molecular formula is C23H20FIN2O5. The molecule has 9 heteroatoms. The Labute approximate surface area is 198 Å². The Morgan fingerprint density at radius 1 is 1.06 bits per heavy atom. The largest absolute Gasteiger partial charge is 0.490 e. The van der Waals surface area contributed by atoms with E-state index in [1.54, 1.807) is 30.3 Å². The van der Waals surface area contributed by atoms with Crippen LogP contribution in [0.3, 0.4) is 0 Å². The first-order chi connectivity index (χ1) is 15.5. The van der Waals surface area contributed by atoms with Gasteiger partial charge in [0.15, 0.2) is 11.5 Å². The Kier molecular flexibility index (Phi) is 8.37. The molecule has 0 bridgehead atoms. The highest BCUT2D eigenvalue weighted by atomic mass is 127. The maximum atomic E-state index is 13.4. The van der Waals surface area contributed by atoms with Gasteiger partial charge in [-0.25, -0.2) is 4.39 Å². The number of hydrogen-bond donors (Lipinski definition) is 0. The molecular weight excluding hydrogens is 530 g/mol. The highest BCUT2D eigenvalue weighted by molar-refractivity contribution is 14.1. The molecule has 0 aliphatic heterocycles. The van der Waals surface area contributed by atoms with Crippen molar-refractivity contribution in [3.8, 4) is 11.5 Å². The molecule has 3 rings (SSSR count). The summed E-state index contributed by atoms with van der Waals surface area (Å²) in [6.07, 6.45) is 1.53. The lowest BCUT2D eigenvalue weighted by molar-refractivity contribution is -0.384. The Bertz CT molecular complexity index is 1120. The number of non-ortho nitro benzene ring substituents is 1. The molecule has 0 aliphatic carbocycles. The summed E-state index contributed by atoms with van der Waals surface area (Å²) >= 11 is 2.14. The van der Waals surface area contributed by atoms with E-state index < -0.39 is 4.92 Å². The average Bonchev–Trinajstić information content (AvgIpc) is 2.76. The quantitative estimate of drug-likeness (QED) is 0.137. The zero-order chi connectivity index (χ0) is 22.9. The van der Waals surface area contributed by atoms with E-state index in [1.807, 2.05) is 13.0 Å². The highest BCUT2D eigenvalue weighted by Crippen LogP contribution is 2.34. The molecule has 0 N–H and O–H groups in total. The van der Waals surface area contributed by atoms with Gasteiger partial charge in [0, 0.05) is 17.7 Å². The number of nitro benzene ring substituents is 1. The van der Waals surface area contributed by atoms with E-state index in [9.17, 15) is 14.5 Å². The Balaban J connectivity index is 1.68. The summed E-state index contributed by atoms with van der Waals surface area (Å²) in [7, 11) is 0. The van der Waals surface area contributed by atoms with Crippen LogP contribution in [-0.4, -0.2) is 17.7 Å². The van der Waals surface area contributed by atoms with Crippen molar-refractivity contribution < 1.29 is 23.6 Å². The van der Waals surface area contributed by atoms with E-state index in [2.05, 4.69) is 27.7 Å². The minimum atomic E-state index is -0.456. The molecule has 0 radical (unpaired) electrons. The molecule has 0 amide bonds. The third-order valence-corrected chi connectivity index (χ3v) is 5.03. The SMILES string of the molecule is CCOc1cc(/C=N\OCc2cccc([N+](=O)[O-])c2)cc(I)c1OCc1cccc(F)c1. The van der Waals surface area contributed by atoms with Gasteiger partial charge < -0.3 is 14.3 Å². The van der Waals surface area contributed by atoms with Crippen molar-refractivity contribution in [2.24, 2.45) is 5.16 Å². The fourth-order valence-corrected chi connectivity index (χ4v) is 3.60. The van der Waals surface area contributed by atoms with Crippen LogP contribution in [0.15, 0.2) is 65.8 Å². The zero-order valence-corrected chi connectivity index (χ0v) is 19.3. The predicted octanol–water partition coefficient (Wildman–Crippen LogP) is 5.87. The summed E-state index contributed by atoms with van der Waals surface area (Å²) in [5, 5.41) is 14.8. The van der Waals surface area contributed by atoms with Gasteiger partial charge in [-0.15, -0.1) is 0 Å². The molecule has 7 nitrogen and oxygen atoms in total. The second kappa shape index (κ2) is 11.4. The lowest BCUT2D eigenvalue weighted by Crippen LogP contribution is -2.03. The summed E-state index contributed by atoms with van der Waals surface area (Å²) in [5.41, 5.74) is 2.08.